The maximum atomic E-state index is 11.8. The SMILES string of the molecule is N#Cc1ccc2c(c1)OCC1C(CN)OC(=O)N21. The minimum Gasteiger partial charge on any atom is -0.489 e. The van der Waals surface area contributed by atoms with Gasteiger partial charge in [-0.1, -0.05) is 0 Å². The Morgan fingerprint density at radius 1 is 1.56 bits per heavy atom. The molecule has 1 aromatic carbocycles. The first-order valence-corrected chi connectivity index (χ1v) is 5.61. The number of ether oxygens (including phenoxy) is 2. The van der Waals surface area contributed by atoms with Crippen LogP contribution in [0.5, 0.6) is 5.75 Å². The molecule has 2 unspecified atom stereocenters. The number of fused-ring (bicyclic) bond motifs is 3. The fourth-order valence-electron chi connectivity index (χ4n) is 2.30. The standard InChI is InChI=1S/C12H11N3O3/c13-4-7-1-2-8-10(3-7)17-6-9-11(5-14)18-12(16)15(8)9/h1-3,9,11H,5-6,14H2. The van der Waals surface area contributed by atoms with Gasteiger partial charge in [0.2, 0.25) is 0 Å². The van der Waals surface area contributed by atoms with Gasteiger partial charge in [-0.25, -0.2) is 4.79 Å². The Hall–Kier alpha value is -2.26. The summed E-state index contributed by atoms with van der Waals surface area (Å²) in [7, 11) is 0. The number of nitrogens with two attached hydrogens (primary N) is 1. The number of nitriles is 1. The molecule has 2 heterocycles. The first-order chi connectivity index (χ1) is 8.74. The molecule has 2 aliphatic heterocycles. The van der Waals surface area contributed by atoms with E-state index in [-0.39, 0.29) is 18.7 Å². The van der Waals surface area contributed by atoms with Gasteiger partial charge in [-0.3, -0.25) is 4.90 Å². The third-order valence-electron chi connectivity index (χ3n) is 3.20. The van der Waals surface area contributed by atoms with E-state index in [0.29, 0.717) is 23.6 Å². The maximum absolute atomic E-state index is 11.8. The van der Waals surface area contributed by atoms with E-state index in [1.165, 1.54) is 0 Å². The van der Waals surface area contributed by atoms with Crippen LogP contribution in [0.25, 0.3) is 0 Å². The van der Waals surface area contributed by atoms with Crippen molar-refractivity contribution < 1.29 is 14.3 Å². The zero-order valence-corrected chi connectivity index (χ0v) is 9.50. The number of nitrogens with zero attached hydrogens (tertiary/aromatic N) is 2. The average molecular weight is 245 g/mol. The van der Waals surface area contributed by atoms with Crippen molar-refractivity contribution in [2.45, 2.75) is 12.1 Å². The van der Waals surface area contributed by atoms with Crippen LogP contribution in [0.1, 0.15) is 5.56 Å². The van der Waals surface area contributed by atoms with Crippen LogP contribution in [-0.4, -0.2) is 31.4 Å². The van der Waals surface area contributed by atoms with Crippen molar-refractivity contribution in [1.82, 2.24) is 0 Å². The van der Waals surface area contributed by atoms with Crippen LogP contribution in [-0.2, 0) is 4.74 Å². The average Bonchev–Trinajstić information content (AvgIpc) is 2.75. The molecule has 0 radical (unpaired) electrons. The highest BCUT2D eigenvalue weighted by molar-refractivity contribution is 5.93. The van der Waals surface area contributed by atoms with Gasteiger partial charge in [0, 0.05) is 12.6 Å². The minimum absolute atomic E-state index is 0.192. The van der Waals surface area contributed by atoms with Crippen LogP contribution in [0.15, 0.2) is 18.2 Å². The Bertz CT molecular complexity index is 552. The normalized spacial score (nSPS) is 24.7. The van der Waals surface area contributed by atoms with Crippen LogP contribution in [0.2, 0.25) is 0 Å². The Morgan fingerprint density at radius 3 is 3.11 bits per heavy atom. The second kappa shape index (κ2) is 3.89. The van der Waals surface area contributed by atoms with Gasteiger partial charge >= 0.3 is 6.09 Å². The van der Waals surface area contributed by atoms with E-state index in [1.807, 2.05) is 6.07 Å². The Kier molecular flexibility index (Phi) is 2.35. The Labute approximate surface area is 103 Å². The van der Waals surface area contributed by atoms with Crippen LogP contribution < -0.4 is 15.4 Å². The molecular formula is C12H11N3O3. The zero-order chi connectivity index (χ0) is 12.7. The molecule has 1 aromatic rings. The molecule has 0 aliphatic carbocycles. The second-order valence-electron chi connectivity index (χ2n) is 4.20. The molecule has 92 valence electrons. The summed E-state index contributed by atoms with van der Waals surface area (Å²) >= 11 is 0. The number of anilines is 1. The van der Waals surface area contributed by atoms with E-state index in [4.69, 9.17) is 20.5 Å². The highest BCUT2D eigenvalue weighted by atomic mass is 16.6. The molecular weight excluding hydrogens is 234 g/mol. The van der Waals surface area contributed by atoms with E-state index >= 15 is 0 Å². The summed E-state index contributed by atoms with van der Waals surface area (Å²) in [6.07, 6.45) is -0.758. The number of benzene rings is 1. The highest BCUT2D eigenvalue weighted by Crippen LogP contribution is 2.38. The van der Waals surface area contributed by atoms with Crippen molar-refractivity contribution in [1.29, 1.82) is 5.26 Å². The Morgan fingerprint density at radius 2 is 2.39 bits per heavy atom. The first kappa shape index (κ1) is 10.9. The lowest BCUT2D eigenvalue weighted by Crippen LogP contribution is -2.46. The molecule has 1 fully saturated rings. The Balaban J connectivity index is 2.03. The van der Waals surface area contributed by atoms with Crippen LogP contribution >= 0.6 is 0 Å². The summed E-state index contributed by atoms with van der Waals surface area (Å²) in [6.45, 7) is 0.595. The third kappa shape index (κ3) is 1.41. The van der Waals surface area contributed by atoms with E-state index in [2.05, 4.69) is 0 Å². The lowest BCUT2D eigenvalue weighted by Gasteiger charge is -2.30. The van der Waals surface area contributed by atoms with Crippen LogP contribution in [0.3, 0.4) is 0 Å². The van der Waals surface area contributed by atoms with Gasteiger partial charge in [-0.15, -0.1) is 0 Å². The number of hydrogen-bond donors (Lipinski definition) is 1. The predicted octanol–water partition coefficient (Wildman–Crippen LogP) is 0.603. The highest BCUT2D eigenvalue weighted by Gasteiger charge is 2.45. The molecule has 6 nitrogen and oxygen atoms in total. The second-order valence-corrected chi connectivity index (χ2v) is 4.20. The van der Waals surface area contributed by atoms with Crippen molar-refractivity contribution in [3.05, 3.63) is 23.8 Å². The maximum Gasteiger partial charge on any atom is 0.415 e. The smallest absolute Gasteiger partial charge is 0.415 e. The molecule has 1 amide bonds. The number of carbonyl (C=O) groups is 1. The van der Waals surface area contributed by atoms with Crippen LogP contribution in [0.4, 0.5) is 10.5 Å². The lowest BCUT2D eigenvalue weighted by molar-refractivity contribution is 0.126. The van der Waals surface area contributed by atoms with E-state index in [0.717, 1.165) is 0 Å². The molecule has 2 aliphatic rings. The van der Waals surface area contributed by atoms with Crippen molar-refractivity contribution in [3.63, 3.8) is 0 Å². The van der Waals surface area contributed by atoms with Gasteiger partial charge < -0.3 is 15.2 Å². The first-order valence-electron chi connectivity index (χ1n) is 5.61. The molecule has 6 heteroatoms. The fraction of sp³-hybridized carbons (Fsp3) is 0.333. The largest absolute Gasteiger partial charge is 0.489 e. The molecule has 3 rings (SSSR count). The van der Waals surface area contributed by atoms with Crippen LogP contribution in [0, 0.1) is 11.3 Å². The molecule has 2 atom stereocenters. The molecule has 2 N–H and O–H groups in total. The number of rotatable bonds is 1. The van der Waals surface area contributed by atoms with Gasteiger partial charge in [-0.2, -0.15) is 5.26 Å². The number of carbonyl (C=O) groups excluding carboxylic acids is 1. The van der Waals surface area contributed by atoms with Gasteiger partial charge in [-0.05, 0) is 12.1 Å². The van der Waals surface area contributed by atoms with Gasteiger partial charge in [0.1, 0.15) is 24.5 Å². The van der Waals surface area contributed by atoms with Crippen molar-refractivity contribution >= 4 is 11.8 Å². The quantitative estimate of drug-likeness (QED) is 0.782. The van der Waals surface area contributed by atoms with Crippen molar-refractivity contribution in [2.75, 3.05) is 18.1 Å². The van der Waals surface area contributed by atoms with E-state index in [1.54, 1.807) is 23.1 Å². The summed E-state index contributed by atoms with van der Waals surface area (Å²) in [5.41, 5.74) is 6.69. The van der Waals surface area contributed by atoms with Crippen molar-refractivity contribution in [2.24, 2.45) is 5.73 Å². The van der Waals surface area contributed by atoms with E-state index < -0.39 is 6.09 Å². The third-order valence-corrected chi connectivity index (χ3v) is 3.20. The predicted molar refractivity (Wildman–Crippen MR) is 62.2 cm³/mol. The molecule has 0 aromatic heterocycles. The molecule has 0 saturated carbocycles. The number of amides is 1. The monoisotopic (exact) mass is 245 g/mol. The summed E-state index contributed by atoms with van der Waals surface area (Å²) in [5, 5.41) is 8.83. The summed E-state index contributed by atoms with van der Waals surface area (Å²) in [6, 6.07) is 6.80. The fourth-order valence-corrected chi connectivity index (χ4v) is 2.30. The molecule has 18 heavy (non-hydrogen) atoms. The van der Waals surface area contributed by atoms with Gasteiger partial charge in [0.15, 0.2) is 0 Å². The summed E-state index contributed by atoms with van der Waals surface area (Å²) in [4.78, 5) is 13.4. The topological polar surface area (TPSA) is 88.6 Å². The number of cyclic esters (lactones) is 1. The number of hydrogen-bond acceptors (Lipinski definition) is 5. The van der Waals surface area contributed by atoms with E-state index in [9.17, 15) is 4.79 Å². The zero-order valence-electron chi connectivity index (χ0n) is 9.50. The van der Waals surface area contributed by atoms with Gasteiger partial charge in [0.05, 0.1) is 17.3 Å². The minimum atomic E-state index is -0.412. The summed E-state index contributed by atoms with van der Waals surface area (Å²) < 4.78 is 10.8. The molecule has 0 bridgehead atoms. The summed E-state index contributed by atoms with van der Waals surface area (Å²) in [5.74, 6) is 0.528. The molecule has 1 saturated heterocycles. The van der Waals surface area contributed by atoms with Crippen molar-refractivity contribution in [3.8, 4) is 11.8 Å². The lowest BCUT2D eigenvalue weighted by atomic mass is 10.1. The van der Waals surface area contributed by atoms with Gasteiger partial charge in [0.25, 0.3) is 0 Å². The molecule has 0 spiro atoms.